The zero-order valence-electron chi connectivity index (χ0n) is 17.3. The van der Waals surface area contributed by atoms with Crippen molar-refractivity contribution in [2.24, 2.45) is 0 Å². The van der Waals surface area contributed by atoms with Gasteiger partial charge in [0.15, 0.2) is 0 Å². The van der Waals surface area contributed by atoms with Gasteiger partial charge in [0, 0.05) is 25.2 Å². The van der Waals surface area contributed by atoms with Crippen molar-refractivity contribution in [3.05, 3.63) is 65.2 Å². The summed E-state index contributed by atoms with van der Waals surface area (Å²) in [5.41, 5.74) is 2.52. The summed E-state index contributed by atoms with van der Waals surface area (Å²) >= 11 is 0. The predicted octanol–water partition coefficient (Wildman–Crippen LogP) is 2.31. The second kappa shape index (κ2) is 8.15. The van der Waals surface area contributed by atoms with Gasteiger partial charge in [-0.2, -0.15) is 0 Å². The number of morpholine rings is 1. The van der Waals surface area contributed by atoms with Gasteiger partial charge in [0.25, 0.3) is 11.8 Å². The number of benzene rings is 2. The highest BCUT2D eigenvalue weighted by Gasteiger charge is 2.42. The summed E-state index contributed by atoms with van der Waals surface area (Å²) in [6.45, 7) is 3.04. The van der Waals surface area contributed by atoms with Crippen LogP contribution < -0.4 is 4.90 Å². The number of hydrogen-bond acceptors (Lipinski definition) is 4. The lowest BCUT2D eigenvalue weighted by Gasteiger charge is -2.29. The Morgan fingerprint density at radius 2 is 1.71 bits per heavy atom. The van der Waals surface area contributed by atoms with Gasteiger partial charge in [0.2, 0.25) is 5.91 Å². The minimum absolute atomic E-state index is 0.0481. The third-order valence-electron chi connectivity index (χ3n) is 6.36. The zero-order chi connectivity index (χ0) is 21.4. The van der Waals surface area contributed by atoms with Crippen molar-refractivity contribution in [1.29, 1.82) is 0 Å². The van der Waals surface area contributed by atoms with Crippen molar-refractivity contribution in [1.82, 2.24) is 9.80 Å². The molecule has 3 amide bonds. The summed E-state index contributed by atoms with van der Waals surface area (Å²) in [7, 11) is 0. The summed E-state index contributed by atoms with van der Waals surface area (Å²) in [5, 5.41) is 0. The molecule has 7 heteroatoms. The molecule has 2 aromatic carbocycles. The van der Waals surface area contributed by atoms with Crippen molar-refractivity contribution in [2.75, 3.05) is 37.7 Å². The number of rotatable bonds is 3. The third-order valence-corrected chi connectivity index (χ3v) is 6.36. The molecule has 5 rings (SSSR count). The first-order valence-electron chi connectivity index (χ1n) is 10.8. The summed E-state index contributed by atoms with van der Waals surface area (Å²) < 4.78 is 5.37. The van der Waals surface area contributed by atoms with Crippen molar-refractivity contribution >= 4 is 23.4 Å². The number of carbonyl (C=O) groups is 3. The van der Waals surface area contributed by atoms with E-state index in [1.54, 1.807) is 20.8 Å². The molecular weight excluding hydrogens is 394 g/mol. The SMILES string of the molecule is O=C(c1ccccc1CN1C(=O)C2CCCN2C(=O)c2ccccc21)N1CCOCC1. The topological polar surface area (TPSA) is 70.2 Å². The second-order valence-electron chi connectivity index (χ2n) is 8.16. The van der Waals surface area contributed by atoms with E-state index >= 15 is 0 Å². The Kier molecular flexibility index (Phi) is 5.19. The van der Waals surface area contributed by atoms with Crippen LogP contribution in [0, 0.1) is 0 Å². The fraction of sp³-hybridized carbons (Fsp3) is 0.375. The molecule has 2 saturated heterocycles. The lowest BCUT2D eigenvalue weighted by molar-refractivity contribution is -0.122. The van der Waals surface area contributed by atoms with E-state index in [9.17, 15) is 14.4 Å². The van der Waals surface area contributed by atoms with Gasteiger partial charge in [-0.1, -0.05) is 30.3 Å². The Bertz CT molecular complexity index is 1030. The average Bonchev–Trinajstić information content (AvgIpc) is 3.29. The molecule has 2 fully saturated rings. The molecule has 0 saturated carbocycles. The van der Waals surface area contributed by atoms with E-state index in [2.05, 4.69) is 0 Å². The van der Waals surface area contributed by atoms with Gasteiger partial charge in [-0.25, -0.2) is 0 Å². The van der Waals surface area contributed by atoms with Gasteiger partial charge in [-0.3, -0.25) is 14.4 Å². The van der Waals surface area contributed by atoms with Crippen LogP contribution >= 0.6 is 0 Å². The van der Waals surface area contributed by atoms with Crippen LogP contribution in [0.3, 0.4) is 0 Å². The summed E-state index contributed by atoms with van der Waals surface area (Å²) in [5.74, 6) is -0.218. The van der Waals surface area contributed by atoms with Crippen LogP contribution in [0.25, 0.3) is 0 Å². The summed E-state index contributed by atoms with van der Waals surface area (Å²) in [6.07, 6.45) is 1.49. The number of nitrogens with zero attached hydrogens (tertiary/aromatic N) is 3. The Balaban J connectivity index is 1.52. The Morgan fingerprint density at radius 1 is 0.968 bits per heavy atom. The van der Waals surface area contributed by atoms with Gasteiger partial charge in [-0.05, 0) is 36.6 Å². The maximum atomic E-state index is 13.5. The van der Waals surface area contributed by atoms with E-state index in [1.807, 2.05) is 42.5 Å². The molecule has 0 bridgehead atoms. The molecule has 0 N–H and O–H groups in total. The number of amides is 3. The number of fused-ring (bicyclic) bond motifs is 2. The van der Waals surface area contributed by atoms with Gasteiger partial charge in [0.1, 0.15) is 6.04 Å². The lowest BCUT2D eigenvalue weighted by atomic mass is 10.0. The van der Waals surface area contributed by atoms with E-state index in [4.69, 9.17) is 4.74 Å². The maximum absolute atomic E-state index is 13.5. The van der Waals surface area contributed by atoms with E-state index < -0.39 is 6.04 Å². The number of ether oxygens (including phenoxy) is 1. The van der Waals surface area contributed by atoms with Gasteiger partial charge >= 0.3 is 0 Å². The molecule has 0 aromatic heterocycles. The van der Waals surface area contributed by atoms with Crippen molar-refractivity contribution in [2.45, 2.75) is 25.4 Å². The largest absolute Gasteiger partial charge is 0.378 e. The maximum Gasteiger partial charge on any atom is 0.256 e. The highest BCUT2D eigenvalue weighted by Crippen LogP contribution is 2.33. The highest BCUT2D eigenvalue weighted by molar-refractivity contribution is 6.11. The van der Waals surface area contributed by atoms with Crippen molar-refractivity contribution in [3.8, 4) is 0 Å². The predicted molar refractivity (Wildman–Crippen MR) is 115 cm³/mol. The van der Waals surface area contributed by atoms with E-state index in [-0.39, 0.29) is 24.3 Å². The normalized spacial score (nSPS) is 21.0. The summed E-state index contributed by atoms with van der Waals surface area (Å²) in [4.78, 5) is 45.0. The van der Waals surface area contributed by atoms with Crippen molar-refractivity contribution < 1.29 is 19.1 Å². The van der Waals surface area contributed by atoms with Crippen LogP contribution in [0.4, 0.5) is 5.69 Å². The molecule has 3 aliphatic rings. The molecule has 0 radical (unpaired) electrons. The first kappa shape index (κ1) is 19.8. The van der Waals surface area contributed by atoms with Crippen LogP contribution in [0.15, 0.2) is 48.5 Å². The molecule has 3 aliphatic heterocycles. The molecule has 7 nitrogen and oxygen atoms in total. The molecular formula is C24H25N3O4. The monoisotopic (exact) mass is 419 g/mol. The van der Waals surface area contributed by atoms with Gasteiger partial charge in [0.05, 0.1) is 31.0 Å². The minimum Gasteiger partial charge on any atom is -0.378 e. The van der Waals surface area contributed by atoms with Gasteiger partial charge < -0.3 is 19.4 Å². The number of carbonyl (C=O) groups excluding carboxylic acids is 3. The molecule has 0 aliphatic carbocycles. The van der Waals surface area contributed by atoms with E-state index in [1.165, 1.54) is 0 Å². The molecule has 3 heterocycles. The first-order chi connectivity index (χ1) is 15.1. The standard InChI is InChI=1S/C24H25N3O4/c28-22(25-12-14-31-15-13-25)18-7-2-1-6-17(18)16-27-20-9-4-3-8-19(20)23(29)26-11-5-10-21(26)24(27)30/h1-4,6-9,21H,5,10-16H2. The summed E-state index contributed by atoms with van der Waals surface area (Å²) in [6, 6.07) is 14.3. The molecule has 0 spiro atoms. The minimum atomic E-state index is -0.443. The second-order valence-corrected chi connectivity index (χ2v) is 8.16. The van der Waals surface area contributed by atoms with Gasteiger partial charge in [-0.15, -0.1) is 0 Å². The van der Waals surface area contributed by atoms with Crippen LogP contribution in [0.2, 0.25) is 0 Å². The number of anilines is 1. The molecule has 1 unspecified atom stereocenters. The van der Waals surface area contributed by atoms with Crippen molar-refractivity contribution in [3.63, 3.8) is 0 Å². The molecule has 1 atom stereocenters. The Labute approximate surface area is 181 Å². The average molecular weight is 419 g/mol. The molecule has 2 aromatic rings. The highest BCUT2D eigenvalue weighted by atomic mass is 16.5. The van der Waals surface area contributed by atoms with E-state index in [0.29, 0.717) is 56.1 Å². The smallest absolute Gasteiger partial charge is 0.256 e. The third kappa shape index (κ3) is 3.49. The van der Waals surface area contributed by atoms with Crippen LogP contribution in [0.1, 0.15) is 39.1 Å². The van der Waals surface area contributed by atoms with Crippen LogP contribution in [-0.4, -0.2) is 66.4 Å². The number of para-hydroxylation sites is 1. The lowest BCUT2D eigenvalue weighted by Crippen LogP contribution is -2.45. The molecule has 31 heavy (non-hydrogen) atoms. The van der Waals surface area contributed by atoms with E-state index in [0.717, 1.165) is 12.0 Å². The molecule has 160 valence electrons. The van der Waals surface area contributed by atoms with Crippen LogP contribution in [-0.2, 0) is 16.1 Å². The number of hydrogen-bond donors (Lipinski definition) is 0. The Morgan fingerprint density at radius 3 is 2.55 bits per heavy atom. The fourth-order valence-corrected chi connectivity index (χ4v) is 4.75. The quantitative estimate of drug-likeness (QED) is 0.766. The zero-order valence-corrected chi connectivity index (χ0v) is 17.3. The van der Waals surface area contributed by atoms with Crippen LogP contribution in [0.5, 0.6) is 0 Å². The first-order valence-corrected chi connectivity index (χ1v) is 10.8. The Hall–Kier alpha value is -3.19. The fourth-order valence-electron chi connectivity index (χ4n) is 4.75.